The third kappa shape index (κ3) is 8.86. The van der Waals surface area contributed by atoms with Crippen LogP contribution in [0.2, 0.25) is 0 Å². The Bertz CT molecular complexity index is 995. The minimum Gasteiger partial charge on any atom is -0.449 e. The number of carbonyl (C=O) groups excluding carboxylic acids is 3. The fraction of sp³-hybridized carbons (Fsp3) is 0.842. The quantitative estimate of drug-likeness (QED) is 0.175. The first kappa shape index (κ1) is 29.2. The van der Waals surface area contributed by atoms with Gasteiger partial charge in [0.2, 0.25) is 27.3 Å². The Hall–Kier alpha value is -2.01. The van der Waals surface area contributed by atoms with Crippen LogP contribution in [0.3, 0.4) is 0 Å². The van der Waals surface area contributed by atoms with Crippen LogP contribution in [-0.4, -0.2) is 98.7 Å². The summed E-state index contributed by atoms with van der Waals surface area (Å²) in [5, 5.41) is 17.4. The number of alkyl carbamates (subject to hydrolysis) is 1. The molecule has 2 aliphatic heterocycles. The SMILES string of the molecule is CC(C)C[C@H](NC(=O)OCC1CN(S(C)(=O)=O)C1)C(=O)N[C@@H](C[C@H]1CCNC1=O)C(O)S(=O)(=O)O. The molecule has 35 heavy (non-hydrogen) atoms. The van der Waals surface area contributed by atoms with E-state index in [1.54, 1.807) is 13.8 Å². The van der Waals surface area contributed by atoms with Gasteiger partial charge in [-0.3, -0.25) is 14.1 Å². The number of hydrogen-bond acceptors (Lipinski definition) is 9. The number of hydrogen-bond donors (Lipinski definition) is 5. The second-order valence-electron chi connectivity index (χ2n) is 9.40. The maximum absolute atomic E-state index is 12.9. The third-order valence-corrected chi connectivity index (χ3v) is 8.01. The molecule has 2 fully saturated rings. The minimum absolute atomic E-state index is 0.0608. The van der Waals surface area contributed by atoms with Crippen LogP contribution in [0, 0.1) is 17.8 Å². The molecule has 3 amide bonds. The maximum Gasteiger partial charge on any atom is 0.407 e. The summed E-state index contributed by atoms with van der Waals surface area (Å²) in [6.45, 7) is 4.30. The largest absolute Gasteiger partial charge is 0.449 e. The molecule has 0 spiro atoms. The van der Waals surface area contributed by atoms with Gasteiger partial charge < -0.3 is 25.8 Å². The van der Waals surface area contributed by atoms with Crippen molar-refractivity contribution in [2.75, 3.05) is 32.5 Å². The lowest BCUT2D eigenvalue weighted by atomic mass is 9.97. The molecule has 16 heteroatoms. The molecule has 14 nitrogen and oxygen atoms in total. The van der Waals surface area contributed by atoms with Gasteiger partial charge in [0.1, 0.15) is 6.04 Å². The smallest absolute Gasteiger partial charge is 0.407 e. The molecule has 0 aliphatic carbocycles. The zero-order valence-corrected chi connectivity index (χ0v) is 21.5. The number of ether oxygens (including phenoxy) is 1. The van der Waals surface area contributed by atoms with E-state index in [4.69, 9.17) is 4.74 Å². The van der Waals surface area contributed by atoms with Gasteiger partial charge in [0.25, 0.3) is 10.1 Å². The highest BCUT2D eigenvalue weighted by molar-refractivity contribution is 7.88. The highest BCUT2D eigenvalue weighted by atomic mass is 32.2. The van der Waals surface area contributed by atoms with Crippen LogP contribution in [0.4, 0.5) is 4.79 Å². The van der Waals surface area contributed by atoms with E-state index in [1.165, 1.54) is 4.31 Å². The van der Waals surface area contributed by atoms with E-state index in [0.717, 1.165) is 6.26 Å². The molecule has 4 atom stereocenters. The van der Waals surface area contributed by atoms with Gasteiger partial charge >= 0.3 is 6.09 Å². The molecule has 0 saturated carbocycles. The van der Waals surface area contributed by atoms with Crippen LogP contribution in [0.15, 0.2) is 0 Å². The summed E-state index contributed by atoms with van der Waals surface area (Å²) in [5.74, 6) is -2.12. The summed E-state index contributed by atoms with van der Waals surface area (Å²) in [4.78, 5) is 37.1. The van der Waals surface area contributed by atoms with Crippen LogP contribution < -0.4 is 16.0 Å². The lowest BCUT2D eigenvalue weighted by molar-refractivity contribution is -0.126. The van der Waals surface area contributed by atoms with Crippen LogP contribution in [0.25, 0.3) is 0 Å². The molecule has 5 N–H and O–H groups in total. The summed E-state index contributed by atoms with van der Waals surface area (Å²) in [7, 11) is -8.26. The van der Waals surface area contributed by atoms with Gasteiger partial charge in [-0.05, 0) is 25.2 Å². The van der Waals surface area contributed by atoms with Crippen LogP contribution in [0.1, 0.15) is 33.1 Å². The summed E-state index contributed by atoms with van der Waals surface area (Å²) in [6, 6.07) is -2.67. The number of aliphatic hydroxyl groups is 1. The lowest BCUT2D eigenvalue weighted by Gasteiger charge is -2.36. The van der Waals surface area contributed by atoms with Crippen LogP contribution in [0.5, 0.6) is 0 Å². The Kier molecular flexibility index (Phi) is 9.87. The van der Waals surface area contributed by atoms with E-state index in [1.807, 2.05) is 0 Å². The van der Waals surface area contributed by atoms with Crippen molar-refractivity contribution < 1.29 is 45.6 Å². The van der Waals surface area contributed by atoms with E-state index >= 15 is 0 Å². The maximum atomic E-state index is 12.9. The number of rotatable bonds is 12. The van der Waals surface area contributed by atoms with Gasteiger partial charge in [-0.25, -0.2) is 17.5 Å². The van der Waals surface area contributed by atoms with Crippen molar-refractivity contribution in [2.45, 2.75) is 50.6 Å². The lowest BCUT2D eigenvalue weighted by Crippen LogP contribution is -2.55. The third-order valence-electron chi connectivity index (χ3n) is 5.84. The summed E-state index contributed by atoms with van der Waals surface area (Å²) >= 11 is 0. The van der Waals surface area contributed by atoms with E-state index in [0.29, 0.717) is 13.0 Å². The number of amides is 3. The molecule has 0 aromatic carbocycles. The zero-order chi connectivity index (χ0) is 26.6. The van der Waals surface area contributed by atoms with Crippen molar-refractivity contribution in [3.63, 3.8) is 0 Å². The molecule has 2 saturated heterocycles. The molecule has 2 heterocycles. The Morgan fingerprint density at radius 3 is 2.31 bits per heavy atom. The van der Waals surface area contributed by atoms with E-state index in [9.17, 15) is 40.9 Å². The molecule has 202 valence electrons. The van der Waals surface area contributed by atoms with E-state index in [-0.39, 0.29) is 50.3 Å². The van der Waals surface area contributed by atoms with Gasteiger partial charge in [-0.1, -0.05) is 13.8 Å². The van der Waals surface area contributed by atoms with Crippen LogP contribution >= 0.6 is 0 Å². The number of nitrogens with one attached hydrogen (secondary N) is 3. The van der Waals surface area contributed by atoms with E-state index in [2.05, 4.69) is 16.0 Å². The number of aliphatic hydroxyl groups excluding tert-OH is 1. The summed E-state index contributed by atoms with van der Waals surface area (Å²) < 4.78 is 61.5. The molecule has 1 unspecified atom stereocenters. The van der Waals surface area contributed by atoms with E-state index < -0.39 is 55.6 Å². The highest BCUT2D eigenvalue weighted by Gasteiger charge is 2.38. The first-order chi connectivity index (χ1) is 16.1. The first-order valence-corrected chi connectivity index (χ1v) is 14.5. The number of nitrogens with zero attached hydrogens (tertiary/aromatic N) is 1. The van der Waals surface area contributed by atoms with Crippen molar-refractivity contribution in [3.05, 3.63) is 0 Å². The van der Waals surface area contributed by atoms with Crippen molar-refractivity contribution >= 4 is 38.0 Å². The second-order valence-corrected chi connectivity index (χ2v) is 12.9. The zero-order valence-electron chi connectivity index (χ0n) is 19.8. The fourth-order valence-electron chi connectivity index (χ4n) is 3.89. The molecular formula is C19H34N4O10S2. The summed E-state index contributed by atoms with van der Waals surface area (Å²) in [6.07, 6.45) is 0.421. The normalized spacial score (nSPS) is 22.1. The summed E-state index contributed by atoms with van der Waals surface area (Å²) in [5.41, 5.74) is -2.37. The van der Waals surface area contributed by atoms with Crippen LogP contribution in [-0.2, 0) is 34.5 Å². The molecule has 0 bridgehead atoms. The molecule has 0 aromatic heterocycles. The highest BCUT2D eigenvalue weighted by Crippen LogP contribution is 2.21. The standard InChI is InChI=1S/C19H34N4O10S2/c1-11(2)6-14(22-19(27)33-10-12-8-23(9-12)34(3,28)29)17(25)21-15(18(26)35(30,31)32)7-13-4-5-20-16(13)24/h11-15,18,26H,4-10H2,1-3H3,(H,20,24)(H,21,25)(H,22,27)(H,30,31,32)/t13-,14+,15+,18?/m1/s1. The molecule has 2 rings (SSSR count). The minimum atomic E-state index is -4.96. The van der Waals surface area contributed by atoms with Crippen molar-refractivity contribution in [1.82, 2.24) is 20.3 Å². The average Bonchev–Trinajstić information content (AvgIpc) is 3.07. The Balaban J connectivity index is 2.00. The monoisotopic (exact) mass is 542 g/mol. The van der Waals surface area contributed by atoms with Crippen molar-refractivity contribution in [2.24, 2.45) is 17.8 Å². The topological polar surface area (TPSA) is 209 Å². The fourth-order valence-corrected chi connectivity index (χ4v) is 5.45. The Morgan fingerprint density at radius 2 is 1.83 bits per heavy atom. The predicted molar refractivity (Wildman–Crippen MR) is 123 cm³/mol. The molecule has 0 radical (unpaired) electrons. The number of sulfonamides is 1. The molecule has 0 aromatic rings. The molecular weight excluding hydrogens is 508 g/mol. The van der Waals surface area contributed by atoms with Gasteiger partial charge in [-0.15, -0.1) is 0 Å². The van der Waals surface area contributed by atoms with Gasteiger partial charge in [0, 0.05) is 31.5 Å². The number of carbonyl (C=O) groups is 3. The Labute approximate surface area is 204 Å². The second kappa shape index (κ2) is 11.8. The Morgan fingerprint density at radius 1 is 1.20 bits per heavy atom. The van der Waals surface area contributed by atoms with Gasteiger partial charge in [-0.2, -0.15) is 8.42 Å². The van der Waals surface area contributed by atoms with Gasteiger partial charge in [0.05, 0.1) is 18.9 Å². The van der Waals surface area contributed by atoms with Gasteiger partial charge in [0.15, 0.2) is 0 Å². The average molecular weight is 543 g/mol. The first-order valence-electron chi connectivity index (χ1n) is 11.2. The molecule has 2 aliphatic rings. The van der Waals surface area contributed by atoms with Crippen molar-refractivity contribution in [3.8, 4) is 0 Å². The van der Waals surface area contributed by atoms with Crippen molar-refractivity contribution in [1.29, 1.82) is 0 Å². The predicted octanol–water partition coefficient (Wildman–Crippen LogP) is -1.76.